The summed E-state index contributed by atoms with van der Waals surface area (Å²) in [5.74, 6) is -1.01. The summed E-state index contributed by atoms with van der Waals surface area (Å²) in [5.41, 5.74) is 1.94. The van der Waals surface area contributed by atoms with Crippen molar-refractivity contribution in [3.63, 3.8) is 0 Å². The zero-order valence-electron chi connectivity index (χ0n) is 12.2. The van der Waals surface area contributed by atoms with E-state index in [4.69, 9.17) is 5.11 Å². The van der Waals surface area contributed by atoms with Gasteiger partial charge >= 0.3 is 5.97 Å². The quantitative estimate of drug-likeness (QED) is 0.906. The molecule has 1 aliphatic rings. The van der Waals surface area contributed by atoms with Gasteiger partial charge in [-0.2, -0.15) is 5.10 Å². The average Bonchev–Trinajstić information content (AvgIpc) is 2.95. The van der Waals surface area contributed by atoms with Gasteiger partial charge in [-0.25, -0.2) is 4.79 Å². The molecular formula is C14H21N3O3. The number of carbonyl (C=O) groups excluding carboxylic acids is 1. The number of amides is 1. The van der Waals surface area contributed by atoms with Crippen LogP contribution in [0.2, 0.25) is 0 Å². The van der Waals surface area contributed by atoms with Crippen LogP contribution in [0.25, 0.3) is 0 Å². The Morgan fingerprint density at radius 2 is 2.20 bits per heavy atom. The fraction of sp³-hybridized carbons (Fsp3) is 0.643. The van der Waals surface area contributed by atoms with E-state index in [9.17, 15) is 9.59 Å². The van der Waals surface area contributed by atoms with E-state index in [1.807, 2.05) is 31.5 Å². The summed E-state index contributed by atoms with van der Waals surface area (Å²) >= 11 is 0. The Bertz CT molecular complexity index is 524. The number of carboxylic acid groups (broad SMARTS) is 1. The fourth-order valence-corrected chi connectivity index (χ4v) is 2.87. The second kappa shape index (κ2) is 5.64. The van der Waals surface area contributed by atoms with Crippen molar-refractivity contribution >= 4 is 11.9 Å². The van der Waals surface area contributed by atoms with Gasteiger partial charge in [-0.1, -0.05) is 0 Å². The largest absolute Gasteiger partial charge is 0.480 e. The van der Waals surface area contributed by atoms with Gasteiger partial charge in [0, 0.05) is 18.7 Å². The number of aryl methyl sites for hydroxylation is 2. The van der Waals surface area contributed by atoms with Gasteiger partial charge in [-0.15, -0.1) is 0 Å². The number of hydrogen-bond acceptors (Lipinski definition) is 3. The van der Waals surface area contributed by atoms with Gasteiger partial charge in [-0.05, 0) is 39.7 Å². The molecule has 1 aromatic rings. The average molecular weight is 279 g/mol. The minimum atomic E-state index is -0.908. The highest BCUT2D eigenvalue weighted by atomic mass is 16.4. The molecule has 20 heavy (non-hydrogen) atoms. The van der Waals surface area contributed by atoms with Crippen molar-refractivity contribution in [1.29, 1.82) is 0 Å². The van der Waals surface area contributed by atoms with Crippen LogP contribution in [0.3, 0.4) is 0 Å². The standard InChI is InChI=1S/C14H21N3O3/c1-9-7-10(2)17(15-9)11(3)8-13(18)16-6-4-5-12(16)14(19)20/h7,11-12H,4-6,8H2,1-3H3,(H,19,20)/t11?,12-/m0/s1. The van der Waals surface area contributed by atoms with Crippen LogP contribution in [0.4, 0.5) is 0 Å². The van der Waals surface area contributed by atoms with Gasteiger partial charge in [0.1, 0.15) is 6.04 Å². The highest BCUT2D eigenvalue weighted by Gasteiger charge is 2.34. The van der Waals surface area contributed by atoms with Crippen molar-refractivity contribution in [3.05, 3.63) is 17.5 Å². The lowest BCUT2D eigenvalue weighted by molar-refractivity contribution is -0.148. The third kappa shape index (κ3) is 2.84. The summed E-state index contributed by atoms with van der Waals surface area (Å²) in [4.78, 5) is 24.9. The lowest BCUT2D eigenvalue weighted by Crippen LogP contribution is -2.41. The topological polar surface area (TPSA) is 75.4 Å². The van der Waals surface area contributed by atoms with Crippen LogP contribution in [-0.4, -0.2) is 44.3 Å². The second-order valence-corrected chi connectivity index (χ2v) is 5.51. The van der Waals surface area contributed by atoms with Gasteiger partial charge in [0.05, 0.1) is 11.7 Å². The number of likely N-dealkylation sites (tertiary alicyclic amines) is 1. The molecular weight excluding hydrogens is 258 g/mol. The first-order valence-corrected chi connectivity index (χ1v) is 6.95. The van der Waals surface area contributed by atoms with Crippen LogP contribution < -0.4 is 0 Å². The molecule has 2 heterocycles. The smallest absolute Gasteiger partial charge is 0.326 e. The number of carbonyl (C=O) groups is 2. The molecule has 6 nitrogen and oxygen atoms in total. The zero-order chi connectivity index (χ0) is 14.9. The Hall–Kier alpha value is -1.85. The predicted molar refractivity (Wildman–Crippen MR) is 73.4 cm³/mol. The van der Waals surface area contributed by atoms with E-state index >= 15 is 0 Å². The molecule has 0 radical (unpaired) electrons. The van der Waals surface area contributed by atoms with Crippen LogP contribution in [-0.2, 0) is 9.59 Å². The first-order chi connectivity index (χ1) is 9.40. The first kappa shape index (κ1) is 14.6. The van der Waals surface area contributed by atoms with Gasteiger partial charge in [0.2, 0.25) is 5.91 Å². The maximum atomic E-state index is 12.3. The van der Waals surface area contributed by atoms with E-state index in [1.54, 1.807) is 0 Å². The predicted octanol–water partition coefficient (Wildman–Crippen LogP) is 1.53. The molecule has 0 spiro atoms. The molecule has 2 rings (SSSR count). The molecule has 0 aromatic carbocycles. The number of rotatable bonds is 4. The summed E-state index contributed by atoms with van der Waals surface area (Å²) < 4.78 is 1.83. The third-order valence-corrected chi connectivity index (χ3v) is 3.79. The molecule has 1 N–H and O–H groups in total. The Morgan fingerprint density at radius 1 is 1.50 bits per heavy atom. The van der Waals surface area contributed by atoms with Crippen molar-refractivity contribution in [2.24, 2.45) is 0 Å². The molecule has 1 saturated heterocycles. The number of aromatic nitrogens is 2. The SMILES string of the molecule is Cc1cc(C)n(C(C)CC(=O)N2CCC[C@H]2C(=O)O)n1. The van der Waals surface area contributed by atoms with Gasteiger partial charge in [0.25, 0.3) is 0 Å². The Balaban J connectivity index is 2.04. The second-order valence-electron chi connectivity index (χ2n) is 5.51. The van der Waals surface area contributed by atoms with Crippen molar-refractivity contribution in [2.45, 2.75) is 52.1 Å². The lowest BCUT2D eigenvalue weighted by Gasteiger charge is -2.23. The van der Waals surface area contributed by atoms with E-state index in [2.05, 4.69) is 5.10 Å². The highest BCUT2D eigenvalue weighted by Crippen LogP contribution is 2.22. The molecule has 2 atom stereocenters. The third-order valence-electron chi connectivity index (χ3n) is 3.79. The van der Waals surface area contributed by atoms with Crippen LogP contribution in [0, 0.1) is 13.8 Å². The first-order valence-electron chi connectivity index (χ1n) is 6.95. The summed E-state index contributed by atoms with van der Waals surface area (Å²) in [6, 6.07) is 1.25. The minimum absolute atomic E-state index is 0.0637. The Labute approximate surface area is 118 Å². The molecule has 6 heteroatoms. The molecule has 1 fully saturated rings. The number of hydrogen-bond donors (Lipinski definition) is 1. The van der Waals surface area contributed by atoms with E-state index in [-0.39, 0.29) is 18.4 Å². The minimum Gasteiger partial charge on any atom is -0.480 e. The molecule has 1 unspecified atom stereocenters. The summed E-state index contributed by atoms with van der Waals surface area (Å²) in [6.45, 7) is 6.35. The molecule has 110 valence electrons. The summed E-state index contributed by atoms with van der Waals surface area (Å²) in [7, 11) is 0. The Kier molecular flexibility index (Phi) is 4.11. The van der Waals surface area contributed by atoms with Crippen LogP contribution in [0.5, 0.6) is 0 Å². The summed E-state index contributed by atoms with van der Waals surface area (Å²) in [6.07, 6.45) is 1.60. The Morgan fingerprint density at radius 3 is 2.75 bits per heavy atom. The van der Waals surface area contributed by atoms with Gasteiger partial charge < -0.3 is 10.0 Å². The molecule has 0 bridgehead atoms. The fourth-order valence-electron chi connectivity index (χ4n) is 2.87. The maximum Gasteiger partial charge on any atom is 0.326 e. The molecule has 1 aliphatic heterocycles. The van der Waals surface area contributed by atoms with E-state index in [1.165, 1.54) is 4.90 Å². The van der Waals surface area contributed by atoms with Crippen molar-refractivity contribution < 1.29 is 14.7 Å². The zero-order valence-corrected chi connectivity index (χ0v) is 12.2. The number of nitrogens with zero attached hydrogens (tertiary/aromatic N) is 3. The molecule has 0 saturated carbocycles. The van der Waals surface area contributed by atoms with Crippen molar-refractivity contribution in [1.82, 2.24) is 14.7 Å². The van der Waals surface area contributed by atoms with E-state index in [0.29, 0.717) is 13.0 Å². The number of aliphatic carboxylic acids is 1. The molecule has 1 aromatic heterocycles. The number of carboxylic acids is 1. The lowest BCUT2D eigenvalue weighted by atomic mass is 10.2. The van der Waals surface area contributed by atoms with E-state index in [0.717, 1.165) is 17.8 Å². The summed E-state index contributed by atoms with van der Waals surface area (Å²) in [5, 5.41) is 13.5. The van der Waals surface area contributed by atoms with Crippen LogP contribution in [0.1, 0.15) is 43.6 Å². The monoisotopic (exact) mass is 279 g/mol. The van der Waals surface area contributed by atoms with Gasteiger partial charge in [-0.3, -0.25) is 9.48 Å². The van der Waals surface area contributed by atoms with Crippen molar-refractivity contribution in [2.75, 3.05) is 6.54 Å². The molecule has 1 amide bonds. The normalized spacial score (nSPS) is 20.1. The van der Waals surface area contributed by atoms with Crippen LogP contribution >= 0.6 is 0 Å². The highest BCUT2D eigenvalue weighted by molar-refractivity contribution is 5.84. The maximum absolute atomic E-state index is 12.3. The van der Waals surface area contributed by atoms with Crippen molar-refractivity contribution in [3.8, 4) is 0 Å². The van der Waals surface area contributed by atoms with Crippen LogP contribution in [0.15, 0.2) is 6.07 Å². The van der Waals surface area contributed by atoms with E-state index < -0.39 is 12.0 Å². The molecule has 0 aliphatic carbocycles. The van der Waals surface area contributed by atoms with Gasteiger partial charge in [0.15, 0.2) is 0 Å².